The van der Waals surface area contributed by atoms with Crippen LogP contribution in [0.15, 0.2) is 48.5 Å². The van der Waals surface area contributed by atoms with Gasteiger partial charge in [-0.05, 0) is 25.1 Å². The lowest BCUT2D eigenvalue weighted by atomic mass is 9.99. The van der Waals surface area contributed by atoms with Crippen molar-refractivity contribution < 1.29 is 14.3 Å². The molecule has 0 amide bonds. The second-order valence-electron chi connectivity index (χ2n) is 5.07. The minimum atomic E-state index is -0.415. The third-order valence-electron chi connectivity index (χ3n) is 3.69. The fourth-order valence-electron chi connectivity index (χ4n) is 2.59. The molecule has 4 heteroatoms. The summed E-state index contributed by atoms with van der Waals surface area (Å²) in [6.45, 7) is 1.88. The third kappa shape index (κ3) is 2.29. The number of ketones is 1. The van der Waals surface area contributed by atoms with E-state index in [2.05, 4.69) is 9.72 Å². The van der Waals surface area contributed by atoms with Crippen molar-refractivity contribution >= 4 is 22.7 Å². The van der Waals surface area contributed by atoms with E-state index in [0.29, 0.717) is 16.7 Å². The Morgan fingerprint density at radius 1 is 0.955 bits per heavy atom. The highest BCUT2D eigenvalue weighted by Gasteiger charge is 2.17. The van der Waals surface area contributed by atoms with Gasteiger partial charge in [-0.3, -0.25) is 4.79 Å². The molecule has 110 valence electrons. The number of rotatable bonds is 3. The Labute approximate surface area is 127 Å². The Balaban J connectivity index is 2.03. The van der Waals surface area contributed by atoms with Gasteiger partial charge in [-0.2, -0.15) is 0 Å². The van der Waals surface area contributed by atoms with E-state index in [4.69, 9.17) is 0 Å². The number of nitrogens with one attached hydrogen (secondary N) is 1. The fourth-order valence-corrected chi connectivity index (χ4v) is 2.59. The molecular weight excluding hydrogens is 278 g/mol. The molecule has 0 unspecified atom stereocenters. The lowest BCUT2D eigenvalue weighted by molar-refractivity contribution is 0.0600. The number of carbonyl (C=O) groups excluding carboxylic acids is 2. The standard InChI is InChI=1S/C18H15NO3/c1-11-16(14-5-3-4-6-15(14)19-11)17(20)12-7-9-13(10-8-12)18(21)22-2/h3-10,19H,1-2H3. The van der Waals surface area contributed by atoms with Gasteiger partial charge in [0.25, 0.3) is 0 Å². The van der Waals surface area contributed by atoms with Crippen LogP contribution >= 0.6 is 0 Å². The van der Waals surface area contributed by atoms with Crippen molar-refractivity contribution in [3.05, 3.63) is 70.9 Å². The van der Waals surface area contributed by atoms with E-state index in [1.807, 2.05) is 31.2 Å². The fraction of sp³-hybridized carbons (Fsp3) is 0.111. The molecule has 0 bridgehead atoms. The smallest absolute Gasteiger partial charge is 0.337 e. The first-order chi connectivity index (χ1) is 10.6. The summed E-state index contributed by atoms with van der Waals surface area (Å²) in [4.78, 5) is 27.4. The molecule has 0 fully saturated rings. The monoisotopic (exact) mass is 293 g/mol. The maximum absolute atomic E-state index is 12.8. The molecule has 3 aromatic rings. The minimum Gasteiger partial charge on any atom is -0.465 e. The van der Waals surface area contributed by atoms with Crippen LogP contribution < -0.4 is 0 Å². The van der Waals surface area contributed by atoms with E-state index < -0.39 is 5.97 Å². The first-order valence-corrected chi connectivity index (χ1v) is 6.92. The molecule has 0 atom stereocenters. The summed E-state index contributed by atoms with van der Waals surface area (Å²) in [6, 6.07) is 14.2. The number of hydrogen-bond acceptors (Lipinski definition) is 3. The number of fused-ring (bicyclic) bond motifs is 1. The van der Waals surface area contributed by atoms with Crippen LogP contribution in [0.5, 0.6) is 0 Å². The summed E-state index contributed by atoms with van der Waals surface area (Å²) >= 11 is 0. The summed E-state index contributed by atoms with van der Waals surface area (Å²) in [6.07, 6.45) is 0. The van der Waals surface area contributed by atoms with E-state index in [1.54, 1.807) is 24.3 Å². The summed E-state index contributed by atoms with van der Waals surface area (Å²) in [5.41, 5.74) is 3.41. The Bertz CT molecular complexity index is 860. The second kappa shape index (κ2) is 5.48. The molecule has 0 aliphatic rings. The third-order valence-corrected chi connectivity index (χ3v) is 3.69. The van der Waals surface area contributed by atoms with Crippen LogP contribution in [-0.2, 0) is 4.74 Å². The Kier molecular flexibility index (Phi) is 3.51. The first-order valence-electron chi connectivity index (χ1n) is 6.92. The van der Waals surface area contributed by atoms with Gasteiger partial charge in [-0.15, -0.1) is 0 Å². The zero-order chi connectivity index (χ0) is 15.7. The molecule has 4 nitrogen and oxygen atoms in total. The van der Waals surface area contributed by atoms with Crippen molar-refractivity contribution in [2.45, 2.75) is 6.92 Å². The first kappa shape index (κ1) is 14.1. The average Bonchev–Trinajstić information content (AvgIpc) is 2.89. The van der Waals surface area contributed by atoms with E-state index >= 15 is 0 Å². The average molecular weight is 293 g/mol. The van der Waals surface area contributed by atoms with Gasteiger partial charge in [-0.25, -0.2) is 4.79 Å². The van der Waals surface area contributed by atoms with Gasteiger partial charge >= 0.3 is 5.97 Å². The van der Waals surface area contributed by atoms with Crippen LogP contribution in [0.4, 0.5) is 0 Å². The van der Waals surface area contributed by atoms with Crippen molar-refractivity contribution in [2.75, 3.05) is 7.11 Å². The summed E-state index contributed by atoms with van der Waals surface area (Å²) in [7, 11) is 1.33. The SMILES string of the molecule is COC(=O)c1ccc(C(=O)c2c(C)[nH]c3ccccc23)cc1. The number of methoxy groups -OCH3 is 1. The molecule has 2 aromatic carbocycles. The van der Waals surface area contributed by atoms with Crippen LogP contribution in [0.25, 0.3) is 10.9 Å². The molecule has 0 saturated carbocycles. The van der Waals surface area contributed by atoms with Gasteiger partial charge < -0.3 is 9.72 Å². The van der Waals surface area contributed by atoms with Crippen molar-refractivity contribution in [1.29, 1.82) is 0 Å². The van der Waals surface area contributed by atoms with E-state index in [-0.39, 0.29) is 5.78 Å². The van der Waals surface area contributed by atoms with Crippen LogP contribution in [0.3, 0.4) is 0 Å². The number of aryl methyl sites for hydroxylation is 1. The lowest BCUT2D eigenvalue weighted by Crippen LogP contribution is -2.05. The van der Waals surface area contributed by atoms with Crippen molar-refractivity contribution in [1.82, 2.24) is 4.98 Å². The molecule has 0 aliphatic heterocycles. The molecule has 22 heavy (non-hydrogen) atoms. The topological polar surface area (TPSA) is 59.2 Å². The number of esters is 1. The van der Waals surface area contributed by atoms with Crippen molar-refractivity contribution in [2.24, 2.45) is 0 Å². The van der Waals surface area contributed by atoms with Crippen LogP contribution in [0.1, 0.15) is 32.0 Å². The normalized spacial score (nSPS) is 10.6. The Morgan fingerprint density at radius 3 is 2.27 bits per heavy atom. The number of aromatic nitrogens is 1. The number of hydrogen-bond donors (Lipinski definition) is 1. The number of para-hydroxylation sites is 1. The van der Waals surface area contributed by atoms with Crippen LogP contribution in [0.2, 0.25) is 0 Å². The molecule has 1 N–H and O–H groups in total. The Hall–Kier alpha value is -2.88. The van der Waals surface area contributed by atoms with Crippen LogP contribution in [-0.4, -0.2) is 23.8 Å². The van der Waals surface area contributed by atoms with E-state index in [0.717, 1.165) is 16.6 Å². The zero-order valence-electron chi connectivity index (χ0n) is 12.3. The van der Waals surface area contributed by atoms with Crippen LogP contribution in [0, 0.1) is 6.92 Å². The molecular formula is C18H15NO3. The lowest BCUT2D eigenvalue weighted by Gasteiger charge is -2.03. The summed E-state index contributed by atoms with van der Waals surface area (Å²) in [5, 5.41) is 0.905. The van der Waals surface area contributed by atoms with E-state index in [9.17, 15) is 9.59 Å². The second-order valence-corrected chi connectivity index (χ2v) is 5.07. The largest absolute Gasteiger partial charge is 0.465 e. The summed E-state index contributed by atoms with van der Waals surface area (Å²) in [5.74, 6) is -0.478. The molecule has 1 aromatic heterocycles. The maximum atomic E-state index is 12.8. The molecule has 0 saturated heterocycles. The molecule has 1 heterocycles. The maximum Gasteiger partial charge on any atom is 0.337 e. The number of aromatic amines is 1. The van der Waals surface area contributed by atoms with Gasteiger partial charge in [-0.1, -0.05) is 30.3 Å². The van der Waals surface area contributed by atoms with Crippen molar-refractivity contribution in [3.63, 3.8) is 0 Å². The predicted octanol–water partition coefficient (Wildman–Crippen LogP) is 3.49. The zero-order valence-corrected chi connectivity index (χ0v) is 12.3. The van der Waals surface area contributed by atoms with Gasteiger partial charge in [0, 0.05) is 22.2 Å². The highest BCUT2D eigenvalue weighted by atomic mass is 16.5. The molecule has 0 aliphatic carbocycles. The number of ether oxygens (including phenoxy) is 1. The Morgan fingerprint density at radius 2 is 1.59 bits per heavy atom. The van der Waals surface area contributed by atoms with Gasteiger partial charge in [0.2, 0.25) is 0 Å². The predicted molar refractivity (Wildman–Crippen MR) is 84.2 cm³/mol. The highest BCUT2D eigenvalue weighted by molar-refractivity contribution is 6.17. The highest BCUT2D eigenvalue weighted by Crippen LogP contribution is 2.24. The van der Waals surface area contributed by atoms with E-state index in [1.165, 1.54) is 7.11 Å². The van der Waals surface area contributed by atoms with Gasteiger partial charge in [0.05, 0.1) is 18.2 Å². The number of carbonyl (C=O) groups is 2. The van der Waals surface area contributed by atoms with Gasteiger partial charge in [0.1, 0.15) is 0 Å². The molecule has 0 spiro atoms. The number of H-pyrrole nitrogens is 1. The molecule has 3 rings (SSSR count). The molecule has 0 radical (unpaired) electrons. The summed E-state index contributed by atoms with van der Waals surface area (Å²) < 4.78 is 4.66. The number of benzene rings is 2. The minimum absolute atomic E-state index is 0.0636. The van der Waals surface area contributed by atoms with Gasteiger partial charge in [0.15, 0.2) is 5.78 Å². The van der Waals surface area contributed by atoms with Crippen molar-refractivity contribution in [3.8, 4) is 0 Å². The quantitative estimate of drug-likeness (QED) is 0.594.